The normalized spacial score (nSPS) is 20.0. The van der Waals surface area contributed by atoms with Crippen molar-refractivity contribution in [3.8, 4) is 5.75 Å². The van der Waals surface area contributed by atoms with Crippen LogP contribution in [0.2, 0.25) is 5.02 Å². The highest BCUT2D eigenvalue weighted by Gasteiger charge is 2.23. The summed E-state index contributed by atoms with van der Waals surface area (Å²) in [5.74, 6) is 0.653. The third-order valence-corrected chi connectivity index (χ3v) is 4.96. The van der Waals surface area contributed by atoms with Crippen LogP contribution in [0.15, 0.2) is 24.4 Å². The maximum absolute atomic E-state index is 12.5. The maximum atomic E-state index is 12.5. The lowest BCUT2D eigenvalue weighted by molar-refractivity contribution is -0.122. The van der Waals surface area contributed by atoms with Crippen molar-refractivity contribution in [2.75, 3.05) is 32.9 Å². The van der Waals surface area contributed by atoms with Crippen molar-refractivity contribution in [3.05, 3.63) is 40.7 Å². The molecule has 0 saturated carbocycles. The minimum absolute atomic E-state index is 0.115. The number of aromatic nitrogens is 3. The van der Waals surface area contributed by atoms with Crippen molar-refractivity contribution < 1.29 is 14.3 Å². The fourth-order valence-corrected chi connectivity index (χ4v) is 3.56. The average Bonchev–Trinajstić information content (AvgIpc) is 3.09. The molecule has 9 heteroatoms. The molecule has 3 heterocycles. The number of amides is 1. The van der Waals surface area contributed by atoms with Gasteiger partial charge in [-0.1, -0.05) is 16.8 Å². The van der Waals surface area contributed by atoms with Crippen LogP contribution in [0.25, 0.3) is 0 Å². The fourth-order valence-electron chi connectivity index (χ4n) is 3.38. The lowest BCUT2D eigenvalue weighted by Crippen LogP contribution is -2.35. The molecule has 1 amide bonds. The number of hydrogen-bond donors (Lipinski definition) is 1. The first-order chi connectivity index (χ1) is 13.2. The first-order valence-electron chi connectivity index (χ1n) is 9.08. The Bertz CT molecular complexity index is 806. The predicted octanol–water partition coefficient (Wildman–Crippen LogP) is 1.40. The fraction of sp³-hybridized carbons (Fsp3) is 0.500. The van der Waals surface area contributed by atoms with Gasteiger partial charge in [-0.15, -0.1) is 5.10 Å². The van der Waals surface area contributed by atoms with E-state index in [9.17, 15) is 4.79 Å². The van der Waals surface area contributed by atoms with E-state index in [1.54, 1.807) is 10.7 Å². The van der Waals surface area contributed by atoms with Gasteiger partial charge in [-0.05, 0) is 18.2 Å². The number of nitrogens with one attached hydrogen (secondary N) is 1. The van der Waals surface area contributed by atoms with E-state index in [0.717, 1.165) is 49.9 Å². The zero-order valence-corrected chi connectivity index (χ0v) is 15.7. The van der Waals surface area contributed by atoms with E-state index < -0.39 is 0 Å². The average molecular weight is 392 g/mol. The van der Waals surface area contributed by atoms with Gasteiger partial charge in [-0.2, -0.15) is 0 Å². The first kappa shape index (κ1) is 18.2. The highest BCUT2D eigenvalue weighted by Crippen LogP contribution is 2.33. The number of carbonyl (C=O) groups is 1. The quantitative estimate of drug-likeness (QED) is 0.829. The highest BCUT2D eigenvalue weighted by molar-refractivity contribution is 6.30. The Kier molecular flexibility index (Phi) is 5.56. The third kappa shape index (κ3) is 4.58. The van der Waals surface area contributed by atoms with Crippen LogP contribution in [-0.4, -0.2) is 58.7 Å². The van der Waals surface area contributed by atoms with Crippen molar-refractivity contribution in [3.63, 3.8) is 0 Å². The van der Waals surface area contributed by atoms with Crippen LogP contribution in [0.4, 0.5) is 0 Å². The molecule has 0 bridgehead atoms. The van der Waals surface area contributed by atoms with E-state index in [4.69, 9.17) is 21.1 Å². The van der Waals surface area contributed by atoms with Crippen LogP contribution in [-0.2, 0) is 22.6 Å². The monoisotopic (exact) mass is 391 g/mol. The van der Waals surface area contributed by atoms with Gasteiger partial charge in [0.05, 0.1) is 37.8 Å². The van der Waals surface area contributed by atoms with E-state index in [1.807, 2.05) is 18.3 Å². The molecule has 144 valence electrons. The first-order valence-corrected chi connectivity index (χ1v) is 9.46. The van der Waals surface area contributed by atoms with Gasteiger partial charge < -0.3 is 14.8 Å². The van der Waals surface area contributed by atoms with E-state index in [-0.39, 0.29) is 18.5 Å². The Morgan fingerprint density at radius 3 is 3.00 bits per heavy atom. The van der Waals surface area contributed by atoms with Crippen LogP contribution in [0.3, 0.4) is 0 Å². The number of ether oxygens (including phenoxy) is 2. The van der Waals surface area contributed by atoms with Crippen molar-refractivity contribution in [2.24, 2.45) is 0 Å². The van der Waals surface area contributed by atoms with E-state index >= 15 is 0 Å². The summed E-state index contributed by atoms with van der Waals surface area (Å²) in [4.78, 5) is 14.7. The summed E-state index contributed by atoms with van der Waals surface area (Å²) >= 11 is 6.09. The van der Waals surface area contributed by atoms with Gasteiger partial charge in [0, 0.05) is 36.6 Å². The summed E-state index contributed by atoms with van der Waals surface area (Å²) in [7, 11) is 0. The molecule has 1 aromatic carbocycles. The summed E-state index contributed by atoms with van der Waals surface area (Å²) in [5, 5.41) is 11.9. The summed E-state index contributed by atoms with van der Waals surface area (Å²) < 4.78 is 12.6. The van der Waals surface area contributed by atoms with Crippen LogP contribution >= 0.6 is 11.6 Å². The van der Waals surface area contributed by atoms with Crippen molar-refractivity contribution >= 4 is 17.5 Å². The molecule has 0 aliphatic carbocycles. The second kappa shape index (κ2) is 8.24. The van der Waals surface area contributed by atoms with E-state index in [0.29, 0.717) is 18.1 Å². The number of hydrogen-bond acceptors (Lipinski definition) is 6. The second-order valence-corrected chi connectivity index (χ2v) is 7.17. The highest BCUT2D eigenvalue weighted by atomic mass is 35.5. The molecule has 1 atom stereocenters. The Balaban J connectivity index is 1.34. The molecule has 1 aromatic heterocycles. The molecule has 1 fully saturated rings. The van der Waals surface area contributed by atoms with Gasteiger partial charge in [-0.25, -0.2) is 4.68 Å². The molecule has 1 saturated heterocycles. The Labute approximate surface area is 162 Å². The Morgan fingerprint density at radius 2 is 2.15 bits per heavy atom. The minimum Gasteiger partial charge on any atom is -0.493 e. The molecule has 2 aromatic rings. The smallest absolute Gasteiger partial charge is 0.242 e. The largest absolute Gasteiger partial charge is 0.493 e. The van der Waals surface area contributed by atoms with Crippen LogP contribution in [0, 0.1) is 0 Å². The second-order valence-electron chi connectivity index (χ2n) is 6.74. The predicted molar refractivity (Wildman–Crippen MR) is 98.6 cm³/mol. The molecule has 2 aliphatic rings. The van der Waals surface area contributed by atoms with Gasteiger partial charge in [0.25, 0.3) is 0 Å². The topological polar surface area (TPSA) is 81.5 Å². The third-order valence-electron chi connectivity index (χ3n) is 4.73. The number of nitrogens with zero attached hydrogens (tertiary/aromatic N) is 4. The minimum atomic E-state index is -0.115. The lowest BCUT2D eigenvalue weighted by Gasteiger charge is -2.26. The lowest BCUT2D eigenvalue weighted by atomic mass is 10.0. The molecule has 8 nitrogen and oxygen atoms in total. The molecular formula is C18H22ClN5O3. The molecule has 0 radical (unpaired) electrons. The van der Waals surface area contributed by atoms with Gasteiger partial charge in [0.15, 0.2) is 0 Å². The van der Waals surface area contributed by atoms with Crippen LogP contribution < -0.4 is 10.1 Å². The molecular weight excluding hydrogens is 370 g/mol. The van der Waals surface area contributed by atoms with Crippen molar-refractivity contribution in [2.45, 2.75) is 25.6 Å². The van der Waals surface area contributed by atoms with Crippen LogP contribution in [0.1, 0.15) is 23.7 Å². The molecule has 27 heavy (non-hydrogen) atoms. The molecule has 2 aliphatic heterocycles. The Morgan fingerprint density at radius 1 is 1.30 bits per heavy atom. The molecule has 0 spiro atoms. The number of benzene rings is 1. The number of fused-ring (bicyclic) bond motifs is 1. The Hall–Kier alpha value is -2.16. The van der Waals surface area contributed by atoms with Gasteiger partial charge in [0.2, 0.25) is 5.91 Å². The van der Waals surface area contributed by atoms with E-state index in [2.05, 4.69) is 20.5 Å². The summed E-state index contributed by atoms with van der Waals surface area (Å²) in [5.41, 5.74) is 1.77. The number of carbonyl (C=O) groups excluding carboxylic acids is 1. The van der Waals surface area contributed by atoms with E-state index in [1.165, 1.54) is 0 Å². The zero-order valence-electron chi connectivity index (χ0n) is 14.9. The molecule has 1 N–H and O–H groups in total. The number of rotatable bonds is 5. The summed E-state index contributed by atoms with van der Waals surface area (Å²) in [6.07, 6.45) is 2.53. The number of halogens is 1. The summed E-state index contributed by atoms with van der Waals surface area (Å²) in [6.45, 7) is 4.67. The van der Waals surface area contributed by atoms with Crippen molar-refractivity contribution in [1.82, 2.24) is 25.2 Å². The SMILES string of the molecule is O=C(Cn1cc(CN2CCOCC2)nn1)NC1CCOc2ccc(Cl)cc21. The van der Waals surface area contributed by atoms with Gasteiger partial charge >= 0.3 is 0 Å². The standard InChI is InChI=1S/C18H22ClN5O3/c19-13-1-2-17-15(9-13)16(3-6-27-17)20-18(25)12-24-11-14(21-22-24)10-23-4-7-26-8-5-23/h1-2,9,11,16H,3-8,10,12H2,(H,20,25). The van der Waals surface area contributed by atoms with Crippen molar-refractivity contribution in [1.29, 1.82) is 0 Å². The van der Waals surface area contributed by atoms with Crippen LogP contribution in [0.5, 0.6) is 5.75 Å². The number of morpholine rings is 1. The molecule has 4 rings (SSSR count). The maximum Gasteiger partial charge on any atom is 0.242 e. The summed E-state index contributed by atoms with van der Waals surface area (Å²) in [6, 6.07) is 5.36. The molecule has 1 unspecified atom stereocenters. The zero-order chi connectivity index (χ0) is 18.6. The van der Waals surface area contributed by atoms with Gasteiger partial charge in [0.1, 0.15) is 12.3 Å². The van der Waals surface area contributed by atoms with Gasteiger partial charge in [-0.3, -0.25) is 9.69 Å².